The van der Waals surface area contributed by atoms with E-state index < -0.39 is 0 Å². The quantitative estimate of drug-likeness (QED) is 0.571. The van der Waals surface area contributed by atoms with Gasteiger partial charge in [-0.1, -0.05) is 43.4 Å². The van der Waals surface area contributed by atoms with E-state index in [1.807, 2.05) is 0 Å². The Labute approximate surface area is 183 Å². The number of hydrogen-bond donors (Lipinski definition) is 3. The van der Waals surface area contributed by atoms with Gasteiger partial charge in [0, 0.05) is 30.0 Å². The molecule has 2 aliphatic carbocycles. The Morgan fingerprint density at radius 1 is 1.13 bits per heavy atom. The van der Waals surface area contributed by atoms with Gasteiger partial charge in [0.15, 0.2) is 0 Å². The van der Waals surface area contributed by atoms with Crippen LogP contribution in [0.1, 0.15) is 65.2 Å². The smallest absolute Gasteiger partial charge is 0.0477 e. The van der Waals surface area contributed by atoms with E-state index in [0.29, 0.717) is 24.0 Å². The monoisotopic (exact) mass is 405 g/mol. The fourth-order valence-electron chi connectivity index (χ4n) is 5.49. The molecule has 3 nitrogen and oxygen atoms in total. The van der Waals surface area contributed by atoms with E-state index in [1.165, 1.54) is 54.5 Å². The molecule has 0 aromatic rings. The molecule has 0 aromatic heterocycles. The minimum absolute atomic E-state index is 0.415. The molecule has 0 bridgehead atoms. The van der Waals surface area contributed by atoms with Crippen LogP contribution in [-0.4, -0.2) is 24.7 Å². The first-order valence-corrected chi connectivity index (χ1v) is 12.1. The first kappa shape index (κ1) is 21.4. The number of nitrogens with one attached hydrogen (secondary N) is 3. The van der Waals surface area contributed by atoms with Gasteiger partial charge in [-0.3, -0.25) is 0 Å². The zero-order valence-corrected chi connectivity index (χ0v) is 18.8. The molecule has 0 radical (unpaired) electrons. The Kier molecular flexibility index (Phi) is 7.12. The van der Waals surface area contributed by atoms with Crippen LogP contribution in [0.15, 0.2) is 71.1 Å². The first-order chi connectivity index (χ1) is 14.6. The second kappa shape index (κ2) is 9.98. The molecule has 4 rings (SSSR count). The van der Waals surface area contributed by atoms with Crippen molar-refractivity contribution in [2.75, 3.05) is 6.54 Å². The molecule has 0 spiro atoms. The third-order valence-electron chi connectivity index (χ3n) is 7.00. The summed E-state index contributed by atoms with van der Waals surface area (Å²) >= 11 is 0. The summed E-state index contributed by atoms with van der Waals surface area (Å²) in [7, 11) is 0. The van der Waals surface area contributed by atoms with Crippen molar-refractivity contribution in [3.63, 3.8) is 0 Å². The van der Waals surface area contributed by atoms with E-state index in [9.17, 15) is 0 Å². The number of fused-ring (bicyclic) bond motifs is 1. The van der Waals surface area contributed by atoms with E-state index in [4.69, 9.17) is 0 Å². The number of rotatable bonds is 5. The third-order valence-corrected chi connectivity index (χ3v) is 7.00. The molecule has 162 valence electrons. The van der Waals surface area contributed by atoms with Gasteiger partial charge in [-0.05, 0) is 93.5 Å². The van der Waals surface area contributed by atoms with Gasteiger partial charge >= 0.3 is 0 Å². The van der Waals surface area contributed by atoms with Crippen molar-refractivity contribution in [3.05, 3.63) is 71.1 Å². The summed E-state index contributed by atoms with van der Waals surface area (Å²) in [5.74, 6) is 0.573. The summed E-state index contributed by atoms with van der Waals surface area (Å²) in [4.78, 5) is 0. The van der Waals surface area contributed by atoms with Crippen molar-refractivity contribution >= 4 is 0 Å². The van der Waals surface area contributed by atoms with Crippen LogP contribution in [0.4, 0.5) is 0 Å². The van der Waals surface area contributed by atoms with Crippen LogP contribution in [-0.2, 0) is 0 Å². The fraction of sp³-hybridized carbons (Fsp3) is 0.556. The number of allylic oxidation sites excluding steroid dienone is 7. The molecule has 2 fully saturated rings. The third kappa shape index (κ3) is 5.07. The van der Waals surface area contributed by atoms with Crippen LogP contribution >= 0.6 is 0 Å². The Morgan fingerprint density at radius 2 is 2.03 bits per heavy atom. The van der Waals surface area contributed by atoms with E-state index >= 15 is 0 Å². The van der Waals surface area contributed by atoms with Gasteiger partial charge in [-0.2, -0.15) is 0 Å². The molecule has 0 amide bonds. The molecule has 2 heterocycles. The lowest BCUT2D eigenvalue weighted by Crippen LogP contribution is -2.44. The van der Waals surface area contributed by atoms with Crippen LogP contribution in [0.2, 0.25) is 0 Å². The van der Waals surface area contributed by atoms with Gasteiger partial charge in [0.25, 0.3) is 0 Å². The molecule has 4 aliphatic rings. The second-order valence-electron chi connectivity index (χ2n) is 9.51. The first-order valence-electron chi connectivity index (χ1n) is 12.1. The summed E-state index contributed by atoms with van der Waals surface area (Å²) in [5, 5.41) is 11.2. The van der Waals surface area contributed by atoms with Crippen molar-refractivity contribution in [2.24, 2.45) is 5.92 Å². The lowest BCUT2D eigenvalue weighted by Gasteiger charge is -2.35. The summed E-state index contributed by atoms with van der Waals surface area (Å²) in [6, 6.07) is 1.45. The van der Waals surface area contributed by atoms with Gasteiger partial charge in [-0.25, -0.2) is 0 Å². The average Bonchev–Trinajstić information content (AvgIpc) is 3.07. The topological polar surface area (TPSA) is 36.1 Å². The Hall–Kier alpha value is -1.84. The van der Waals surface area contributed by atoms with Crippen molar-refractivity contribution in [2.45, 2.75) is 83.3 Å². The summed E-state index contributed by atoms with van der Waals surface area (Å²) in [5.41, 5.74) is 7.24. The van der Waals surface area contributed by atoms with Gasteiger partial charge in [0.2, 0.25) is 0 Å². The van der Waals surface area contributed by atoms with E-state index in [-0.39, 0.29) is 0 Å². The highest BCUT2D eigenvalue weighted by molar-refractivity contribution is 5.45. The fourth-order valence-corrected chi connectivity index (χ4v) is 5.49. The Bertz CT molecular complexity index is 795. The van der Waals surface area contributed by atoms with E-state index in [2.05, 4.69) is 73.0 Å². The standard InChI is InChI=1S/C27H39N3/c1-4-13-28-24-16-19(2)15-21-11-12-22(17-23(21)18-24)25-9-5-6-14-29-27(25)26-10-7-8-20(3)30-26/h5-6,9,14-15,18,20,22,24,26,28-30H,2,4,7-8,10-13,16-17H2,1,3H3. The van der Waals surface area contributed by atoms with Gasteiger partial charge in [0.05, 0.1) is 0 Å². The molecule has 0 aromatic carbocycles. The minimum Gasteiger partial charge on any atom is -0.363 e. The van der Waals surface area contributed by atoms with Gasteiger partial charge in [-0.15, -0.1) is 0 Å². The molecule has 2 aliphatic heterocycles. The zero-order chi connectivity index (χ0) is 20.9. The van der Waals surface area contributed by atoms with Gasteiger partial charge in [0.1, 0.15) is 0 Å². The molecule has 3 heteroatoms. The number of piperidine rings is 1. The van der Waals surface area contributed by atoms with Crippen molar-refractivity contribution < 1.29 is 0 Å². The largest absolute Gasteiger partial charge is 0.363 e. The maximum atomic E-state index is 4.33. The summed E-state index contributed by atoms with van der Waals surface area (Å²) < 4.78 is 0. The van der Waals surface area contributed by atoms with E-state index in [0.717, 1.165) is 25.8 Å². The maximum absolute atomic E-state index is 4.33. The average molecular weight is 406 g/mol. The predicted molar refractivity (Wildman–Crippen MR) is 128 cm³/mol. The molecular weight excluding hydrogens is 366 g/mol. The molecular formula is C27H39N3. The lowest BCUT2D eigenvalue weighted by molar-refractivity contribution is 0.353. The zero-order valence-electron chi connectivity index (χ0n) is 18.8. The Balaban J connectivity index is 1.60. The Morgan fingerprint density at radius 3 is 2.87 bits per heavy atom. The highest BCUT2D eigenvalue weighted by atomic mass is 15.0. The molecule has 4 atom stereocenters. The van der Waals surface area contributed by atoms with Crippen LogP contribution in [0.5, 0.6) is 0 Å². The predicted octanol–water partition coefficient (Wildman–Crippen LogP) is 5.43. The van der Waals surface area contributed by atoms with Crippen LogP contribution in [0, 0.1) is 5.92 Å². The van der Waals surface area contributed by atoms with Crippen molar-refractivity contribution in [3.8, 4) is 0 Å². The lowest BCUT2D eigenvalue weighted by atomic mass is 9.76. The molecule has 3 N–H and O–H groups in total. The molecule has 1 saturated carbocycles. The molecule has 30 heavy (non-hydrogen) atoms. The van der Waals surface area contributed by atoms with Gasteiger partial charge < -0.3 is 16.0 Å². The van der Waals surface area contributed by atoms with E-state index in [1.54, 1.807) is 5.57 Å². The number of hydrogen-bond acceptors (Lipinski definition) is 3. The molecule has 1 saturated heterocycles. The highest BCUT2D eigenvalue weighted by Gasteiger charge is 2.30. The van der Waals surface area contributed by atoms with Crippen LogP contribution in [0.25, 0.3) is 0 Å². The SMILES string of the molecule is C=C1C=C2CCC(C3=C(C4CCCC(C)N4)NC=CC=C3)CC2=CC(NCCC)C1. The van der Waals surface area contributed by atoms with Crippen LogP contribution in [0.3, 0.4) is 0 Å². The molecule has 4 unspecified atom stereocenters. The van der Waals surface area contributed by atoms with Crippen molar-refractivity contribution in [1.82, 2.24) is 16.0 Å². The van der Waals surface area contributed by atoms with Crippen LogP contribution < -0.4 is 16.0 Å². The summed E-state index contributed by atoms with van der Waals surface area (Å²) in [6.45, 7) is 9.95. The maximum Gasteiger partial charge on any atom is 0.0477 e. The summed E-state index contributed by atoms with van der Waals surface area (Å²) in [6.07, 6.45) is 23.2. The normalized spacial score (nSPS) is 32.0. The minimum atomic E-state index is 0.415. The van der Waals surface area contributed by atoms with Crippen molar-refractivity contribution in [1.29, 1.82) is 0 Å². The highest BCUT2D eigenvalue weighted by Crippen LogP contribution is 2.41. The second-order valence-corrected chi connectivity index (χ2v) is 9.51.